The van der Waals surface area contributed by atoms with Gasteiger partial charge < -0.3 is 19.1 Å². The van der Waals surface area contributed by atoms with Crippen LogP contribution in [-0.2, 0) is 33.9 Å². The zero-order chi connectivity index (χ0) is 23.3. The molecule has 0 N–H and O–H groups in total. The molecular formula is C27H27NO5. The fraction of sp³-hybridized carbons (Fsp3) is 0.259. The van der Waals surface area contributed by atoms with Crippen molar-refractivity contribution >= 4 is 11.9 Å². The van der Waals surface area contributed by atoms with E-state index in [0.29, 0.717) is 17.9 Å². The molecule has 4 rings (SSSR count). The van der Waals surface area contributed by atoms with E-state index in [9.17, 15) is 9.59 Å². The lowest BCUT2D eigenvalue weighted by molar-refractivity contribution is -0.182. The number of ether oxygens (including phenoxy) is 3. The van der Waals surface area contributed by atoms with Crippen molar-refractivity contribution in [3.63, 3.8) is 0 Å². The van der Waals surface area contributed by atoms with Gasteiger partial charge in [-0.3, -0.25) is 4.79 Å². The van der Waals surface area contributed by atoms with Gasteiger partial charge in [0.1, 0.15) is 18.1 Å². The smallest absolute Gasteiger partial charge is 0.333 e. The summed E-state index contributed by atoms with van der Waals surface area (Å²) in [7, 11) is 3.16. The third-order valence-corrected chi connectivity index (χ3v) is 6.02. The first-order valence-electron chi connectivity index (χ1n) is 10.8. The molecule has 3 aromatic carbocycles. The predicted octanol–water partition coefficient (Wildman–Crippen LogP) is 4.16. The average Bonchev–Trinajstić information content (AvgIpc) is 2.86. The number of carbonyl (C=O) groups excluding carboxylic acids is 2. The number of hydrogen-bond donors (Lipinski definition) is 0. The fourth-order valence-corrected chi connectivity index (χ4v) is 4.18. The van der Waals surface area contributed by atoms with Crippen LogP contribution in [0.2, 0.25) is 0 Å². The average molecular weight is 446 g/mol. The standard InChI is InChI=1S/C27H27NO5/c1-31-23-14-13-22(24(15-23)32-2)18-28-25(29)17-27(28,16-20-9-5-3-6-10-20)26(30)33-19-21-11-7-4-8-12-21/h3-15H,16-19H2,1-2H3/t27-/m0/s1. The first-order valence-corrected chi connectivity index (χ1v) is 10.8. The Kier molecular flexibility index (Phi) is 6.63. The Hall–Kier alpha value is -3.80. The summed E-state index contributed by atoms with van der Waals surface area (Å²) in [5.74, 6) is 0.756. The summed E-state index contributed by atoms with van der Waals surface area (Å²) in [6.07, 6.45) is 0.486. The maximum absolute atomic E-state index is 13.5. The van der Waals surface area contributed by atoms with Gasteiger partial charge in [0, 0.05) is 18.1 Å². The molecular weight excluding hydrogens is 418 g/mol. The van der Waals surface area contributed by atoms with Gasteiger partial charge in [-0.15, -0.1) is 0 Å². The molecule has 1 aliphatic heterocycles. The van der Waals surface area contributed by atoms with E-state index in [0.717, 1.165) is 16.7 Å². The zero-order valence-corrected chi connectivity index (χ0v) is 18.8. The summed E-state index contributed by atoms with van der Waals surface area (Å²) >= 11 is 0. The number of rotatable bonds is 9. The van der Waals surface area contributed by atoms with Gasteiger partial charge >= 0.3 is 5.97 Å². The molecule has 6 heteroatoms. The molecule has 1 aliphatic rings. The van der Waals surface area contributed by atoms with Crippen LogP contribution in [0.5, 0.6) is 11.5 Å². The number of nitrogens with zero attached hydrogens (tertiary/aromatic N) is 1. The minimum atomic E-state index is -1.07. The number of β-lactam (4-membered cyclic amide) rings is 1. The van der Waals surface area contributed by atoms with Gasteiger partial charge in [-0.25, -0.2) is 4.79 Å². The Morgan fingerprint density at radius 1 is 0.909 bits per heavy atom. The minimum absolute atomic E-state index is 0.0968. The molecule has 0 aliphatic carbocycles. The number of benzene rings is 3. The molecule has 33 heavy (non-hydrogen) atoms. The quantitative estimate of drug-likeness (QED) is 0.366. The second kappa shape index (κ2) is 9.77. The van der Waals surface area contributed by atoms with Gasteiger partial charge in [-0.1, -0.05) is 60.7 Å². The van der Waals surface area contributed by atoms with Crippen LogP contribution in [0, 0.1) is 0 Å². The number of hydrogen-bond acceptors (Lipinski definition) is 5. The summed E-state index contributed by atoms with van der Waals surface area (Å²) in [5, 5.41) is 0. The fourth-order valence-electron chi connectivity index (χ4n) is 4.18. The highest BCUT2D eigenvalue weighted by Crippen LogP contribution is 2.40. The van der Waals surface area contributed by atoms with Crippen molar-refractivity contribution in [3.8, 4) is 11.5 Å². The Labute approximate surface area is 193 Å². The highest BCUT2D eigenvalue weighted by atomic mass is 16.5. The summed E-state index contributed by atoms with van der Waals surface area (Å²) in [5.41, 5.74) is 1.58. The molecule has 1 fully saturated rings. The zero-order valence-electron chi connectivity index (χ0n) is 18.8. The van der Waals surface area contributed by atoms with E-state index in [-0.39, 0.29) is 25.5 Å². The van der Waals surface area contributed by atoms with Crippen molar-refractivity contribution in [3.05, 3.63) is 95.6 Å². The Morgan fingerprint density at radius 3 is 2.18 bits per heavy atom. The summed E-state index contributed by atoms with van der Waals surface area (Å²) < 4.78 is 16.5. The number of esters is 1. The van der Waals surface area contributed by atoms with E-state index in [1.54, 1.807) is 25.2 Å². The predicted molar refractivity (Wildman–Crippen MR) is 124 cm³/mol. The van der Waals surface area contributed by atoms with Crippen molar-refractivity contribution in [1.29, 1.82) is 0 Å². The van der Waals surface area contributed by atoms with Crippen molar-refractivity contribution in [2.75, 3.05) is 14.2 Å². The molecule has 0 spiro atoms. The Bertz CT molecular complexity index is 1120. The molecule has 1 saturated heterocycles. The van der Waals surface area contributed by atoms with Crippen LogP contribution < -0.4 is 9.47 Å². The van der Waals surface area contributed by atoms with Gasteiger partial charge in [-0.2, -0.15) is 0 Å². The maximum Gasteiger partial charge on any atom is 0.333 e. The highest BCUT2D eigenvalue weighted by Gasteiger charge is 2.57. The van der Waals surface area contributed by atoms with Crippen LogP contribution >= 0.6 is 0 Å². The van der Waals surface area contributed by atoms with Crippen LogP contribution in [0.25, 0.3) is 0 Å². The van der Waals surface area contributed by atoms with Crippen LogP contribution in [0.4, 0.5) is 0 Å². The van der Waals surface area contributed by atoms with E-state index in [4.69, 9.17) is 14.2 Å². The highest BCUT2D eigenvalue weighted by molar-refractivity contribution is 5.99. The van der Waals surface area contributed by atoms with E-state index in [1.165, 1.54) is 0 Å². The summed E-state index contributed by atoms with van der Waals surface area (Å²) in [6.45, 7) is 0.392. The van der Waals surface area contributed by atoms with E-state index in [1.807, 2.05) is 72.8 Å². The van der Waals surface area contributed by atoms with Crippen LogP contribution in [0.1, 0.15) is 23.1 Å². The van der Waals surface area contributed by atoms with Gasteiger partial charge in [-0.05, 0) is 23.3 Å². The van der Waals surface area contributed by atoms with Gasteiger partial charge in [0.15, 0.2) is 5.54 Å². The molecule has 6 nitrogen and oxygen atoms in total. The van der Waals surface area contributed by atoms with Gasteiger partial charge in [0.25, 0.3) is 0 Å². The second-order valence-electron chi connectivity index (χ2n) is 8.09. The number of amides is 1. The van der Waals surface area contributed by atoms with E-state index in [2.05, 4.69) is 0 Å². The molecule has 0 bridgehead atoms. The number of methoxy groups -OCH3 is 2. The van der Waals surface area contributed by atoms with E-state index >= 15 is 0 Å². The van der Waals surface area contributed by atoms with Crippen LogP contribution in [0.15, 0.2) is 78.9 Å². The third kappa shape index (κ3) is 4.70. The minimum Gasteiger partial charge on any atom is -0.497 e. The van der Waals surface area contributed by atoms with Crippen molar-refractivity contribution in [2.24, 2.45) is 0 Å². The molecule has 1 atom stereocenters. The van der Waals surface area contributed by atoms with Crippen molar-refractivity contribution < 1.29 is 23.8 Å². The normalized spacial score (nSPS) is 17.3. The molecule has 170 valence electrons. The van der Waals surface area contributed by atoms with Crippen molar-refractivity contribution in [2.45, 2.75) is 31.5 Å². The lowest BCUT2D eigenvalue weighted by Crippen LogP contribution is -2.68. The van der Waals surface area contributed by atoms with Crippen LogP contribution in [0.3, 0.4) is 0 Å². The second-order valence-corrected chi connectivity index (χ2v) is 8.09. The molecule has 1 amide bonds. The summed E-state index contributed by atoms with van der Waals surface area (Å²) in [6, 6.07) is 24.7. The SMILES string of the molecule is COc1ccc(CN2C(=O)C[C@@]2(Cc2ccccc2)C(=O)OCc2ccccc2)c(OC)c1. The van der Waals surface area contributed by atoms with Gasteiger partial charge in [0.05, 0.1) is 27.2 Å². The first-order chi connectivity index (χ1) is 16.1. The Morgan fingerprint density at radius 2 is 1.58 bits per heavy atom. The molecule has 0 aromatic heterocycles. The lowest BCUT2D eigenvalue weighted by Gasteiger charge is -2.50. The topological polar surface area (TPSA) is 65.1 Å². The number of likely N-dealkylation sites (tertiary alicyclic amines) is 1. The molecule has 1 heterocycles. The third-order valence-electron chi connectivity index (χ3n) is 6.02. The molecule has 0 unspecified atom stereocenters. The Balaban J connectivity index is 1.62. The van der Waals surface area contributed by atoms with Gasteiger partial charge in [0.2, 0.25) is 5.91 Å². The monoisotopic (exact) mass is 445 g/mol. The van der Waals surface area contributed by atoms with E-state index < -0.39 is 11.5 Å². The molecule has 0 saturated carbocycles. The molecule has 3 aromatic rings. The number of carbonyl (C=O) groups is 2. The van der Waals surface area contributed by atoms with Crippen LogP contribution in [-0.4, -0.2) is 36.5 Å². The lowest BCUT2D eigenvalue weighted by atomic mass is 9.78. The summed E-state index contributed by atoms with van der Waals surface area (Å²) in [4.78, 5) is 27.9. The largest absolute Gasteiger partial charge is 0.497 e. The van der Waals surface area contributed by atoms with Crippen molar-refractivity contribution in [1.82, 2.24) is 4.90 Å². The first kappa shape index (κ1) is 22.4. The maximum atomic E-state index is 13.5. The molecule has 0 radical (unpaired) electrons.